The van der Waals surface area contributed by atoms with E-state index < -0.39 is 6.10 Å². The van der Waals surface area contributed by atoms with Gasteiger partial charge in [-0.1, -0.05) is 18.2 Å². The third kappa shape index (κ3) is 4.79. The number of ether oxygens (including phenoxy) is 1. The fraction of sp³-hybridized carbons (Fsp3) is 0.346. The van der Waals surface area contributed by atoms with Gasteiger partial charge in [0.15, 0.2) is 0 Å². The number of aliphatic hydroxyl groups excluding tert-OH is 1. The van der Waals surface area contributed by atoms with E-state index in [0.29, 0.717) is 36.0 Å². The maximum absolute atomic E-state index is 11.0. The fourth-order valence-corrected chi connectivity index (χ4v) is 4.59. The van der Waals surface area contributed by atoms with Gasteiger partial charge in [-0.2, -0.15) is 0 Å². The molecule has 0 aliphatic carbocycles. The van der Waals surface area contributed by atoms with Crippen LogP contribution >= 0.6 is 0 Å². The second-order valence-electron chi connectivity index (χ2n) is 8.74. The van der Waals surface area contributed by atoms with Gasteiger partial charge in [0.1, 0.15) is 11.3 Å². The van der Waals surface area contributed by atoms with Gasteiger partial charge in [0.25, 0.3) is 0 Å². The Labute approximate surface area is 198 Å². The quantitative estimate of drug-likeness (QED) is 0.387. The first-order chi connectivity index (χ1) is 16.6. The minimum absolute atomic E-state index is 0.210. The van der Waals surface area contributed by atoms with Gasteiger partial charge in [-0.05, 0) is 50.2 Å². The number of rotatable bonds is 7. The van der Waals surface area contributed by atoms with Crippen molar-refractivity contribution in [1.29, 1.82) is 0 Å². The number of β-amino-alcohol motifs (C(OH)–C–C–N with tert-alkyl or cyclic N) is 1. The van der Waals surface area contributed by atoms with E-state index in [4.69, 9.17) is 4.74 Å². The number of phenols is 1. The number of fused-ring (bicyclic) bond motifs is 2. The number of hydrogen-bond acceptors (Lipinski definition) is 8. The van der Waals surface area contributed by atoms with Crippen molar-refractivity contribution >= 4 is 21.9 Å². The van der Waals surface area contributed by atoms with E-state index in [0.717, 1.165) is 48.1 Å². The minimum Gasteiger partial charge on any atom is -0.506 e. The van der Waals surface area contributed by atoms with Gasteiger partial charge in [0, 0.05) is 42.3 Å². The maximum atomic E-state index is 11.0. The van der Waals surface area contributed by atoms with Crippen molar-refractivity contribution < 1.29 is 14.9 Å². The first-order valence-corrected chi connectivity index (χ1v) is 11.6. The number of nitrogens with one attached hydrogen (secondary N) is 1. The molecule has 176 valence electrons. The second-order valence-corrected chi connectivity index (χ2v) is 8.74. The van der Waals surface area contributed by atoms with E-state index >= 15 is 0 Å². The summed E-state index contributed by atoms with van der Waals surface area (Å²) < 4.78 is 5.25. The van der Waals surface area contributed by atoms with Crippen molar-refractivity contribution in [1.82, 2.24) is 25.2 Å². The van der Waals surface area contributed by atoms with Crippen LogP contribution in [0.1, 0.15) is 30.2 Å². The molecular formula is C26H29N5O3. The summed E-state index contributed by atoms with van der Waals surface area (Å²) in [5, 5.41) is 25.6. The van der Waals surface area contributed by atoms with Crippen LogP contribution in [-0.2, 0) is 6.54 Å². The molecule has 4 heterocycles. The number of nitrogens with zero attached hydrogens (tertiary/aromatic N) is 4. The smallest absolute Gasteiger partial charge is 0.213 e. The molecule has 34 heavy (non-hydrogen) atoms. The van der Waals surface area contributed by atoms with Crippen LogP contribution in [-0.4, -0.2) is 62.9 Å². The fourth-order valence-electron chi connectivity index (χ4n) is 4.59. The maximum Gasteiger partial charge on any atom is 0.213 e. The number of para-hydroxylation sites is 1. The second kappa shape index (κ2) is 9.89. The Bertz CT molecular complexity index is 1290. The standard InChI is InChI=1S/C26H29N5O3/c1-34-24-8-7-21-26(30-24)20(9-12-27-21)23(33)16-31-13-10-18(11-14-31)28-15-19-6-5-17-3-2-4-22(32)25(17)29-19/h2-9,12,18,23,28,32-33H,10-11,13-16H2,1H3/t23-/m1/s1. The zero-order valence-corrected chi connectivity index (χ0v) is 19.2. The largest absolute Gasteiger partial charge is 0.506 e. The summed E-state index contributed by atoms with van der Waals surface area (Å²) in [7, 11) is 1.58. The van der Waals surface area contributed by atoms with Crippen molar-refractivity contribution in [3.63, 3.8) is 0 Å². The molecule has 0 saturated carbocycles. The van der Waals surface area contributed by atoms with Gasteiger partial charge < -0.3 is 25.2 Å². The van der Waals surface area contributed by atoms with Gasteiger partial charge in [0.05, 0.1) is 29.9 Å². The molecule has 8 heteroatoms. The van der Waals surface area contributed by atoms with Gasteiger partial charge in [-0.25, -0.2) is 9.97 Å². The Morgan fingerprint density at radius 3 is 2.74 bits per heavy atom. The molecule has 5 rings (SSSR count). The highest BCUT2D eigenvalue weighted by atomic mass is 16.5. The molecule has 4 aromatic rings. The van der Waals surface area contributed by atoms with Crippen molar-refractivity contribution in [2.75, 3.05) is 26.7 Å². The van der Waals surface area contributed by atoms with Crippen LogP contribution in [0.25, 0.3) is 21.9 Å². The molecule has 1 fully saturated rings. The molecule has 1 aromatic carbocycles. The number of aliphatic hydroxyl groups is 1. The molecule has 0 amide bonds. The molecule has 3 aromatic heterocycles. The Balaban J connectivity index is 1.16. The lowest BCUT2D eigenvalue weighted by Crippen LogP contribution is -2.43. The Morgan fingerprint density at radius 2 is 1.91 bits per heavy atom. The highest BCUT2D eigenvalue weighted by Crippen LogP contribution is 2.26. The van der Waals surface area contributed by atoms with Crippen molar-refractivity contribution in [2.24, 2.45) is 0 Å². The van der Waals surface area contributed by atoms with Crippen LogP contribution in [0, 0.1) is 0 Å². The van der Waals surface area contributed by atoms with Crippen molar-refractivity contribution in [3.8, 4) is 11.6 Å². The van der Waals surface area contributed by atoms with Gasteiger partial charge in [-0.3, -0.25) is 4.98 Å². The van der Waals surface area contributed by atoms with Crippen LogP contribution in [0.3, 0.4) is 0 Å². The van der Waals surface area contributed by atoms with Gasteiger partial charge in [-0.15, -0.1) is 0 Å². The van der Waals surface area contributed by atoms with Gasteiger partial charge in [0.2, 0.25) is 5.88 Å². The predicted molar refractivity (Wildman–Crippen MR) is 131 cm³/mol. The van der Waals surface area contributed by atoms with E-state index in [-0.39, 0.29) is 5.75 Å². The topological polar surface area (TPSA) is 104 Å². The van der Waals surface area contributed by atoms with Crippen LogP contribution in [0.15, 0.2) is 54.7 Å². The molecule has 1 aliphatic heterocycles. The zero-order valence-electron chi connectivity index (χ0n) is 19.2. The van der Waals surface area contributed by atoms with Crippen molar-refractivity contribution in [2.45, 2.75) is 31.5 Å². The predicted octanol–water partition coefficient (Wildman–Crippen LogP) is 3.18. The van der Waals surface area contributed by atoms with Crippen LogP contribution in [0.2, 0.25) is 0 Å². The third-order valence-electron chi connectivity index (χ3n) is 6.50. The molecule has 0 spiro atoms. The summed E-state index contributed by atoms with van der Waals surface area (Å²) in [6, 6.07) is 15.3. The highest BCUT2D eigenvalue weighted by molar-refractivity contribution is 5.84. The number of phenolic OH excluding ortho intramolecular Hbond substituents is 1. The number of likely N-dealkylation sites (tertiary alicyclic amines) is 1. The van der Waals surface area contributed by atoms with E-state index in [2.05, 4.69) is 25.2 Å². The summed E-state index contributed by atoms with van der Waals surface area (Å²) in [4.78, 5) is 15.8. The number of hydrogen-bond donors (Lipinski definition) is 3. The van der Waals surface area contributed by atoms with Crippen LogP contribution in [0.4, 0.5) is 0 Å². The van der Waals surface area contributed by atoms with E-state index in [1.807, 2.05) is 36.4 Å². The Kier molecular flexibility index (Phi) is 6.53. The summed E-state index contributed by atoms with van der Waals surface area (Å²) >= 11 is 0. The molecule has 0 radical (unpaired) electrons. The number of benzene rings is 1. The monoisotopic (exact) mass is 459 g/mol. The number of pyridine rings is 3. The third-order valence-corrected chi connectivity index (χ3v) is 6.50. The first-order valence-electron chi connectivity index (χ1n) is 11.6. The molecule has 3 N–H and O–H groups in total. The minimum atomic E-state index is -0.649. The lowest BCUT2D eigenvalue weighted by atomic mass is 10.0. The summed E-state index contributed by atoms with van der Waals surface area (Å²) in [6.45, 7) is 3.02. The summed E-state index contributed by atoms with van der Waals surface area (Å²) in [5.74, 6) is 0.721. The van der Waals surface area contributed by atoms with E-state index in [1.54, 1.807) is 25.4 Å². The Morgan fingerprint density at radius 1 is 1.06 bits per heavy atom. The lowest BCUT2D eigenvalue weighted by Gasteiger charge is -2.33. The molecule has 0 bridgehead atoms. The first kappa shape index (κ1) is 22.5. The average molecular weight is 460 g/mol. The van der Waals surface area contributed by atoms with Gasteiger partial charge >= 0.3 is 0 Å². The number of piperidine rings is 1. The molecule has 8 nitrogen and oxygen atoms in total. The molecule has 0 unspecified atom stereocenters. The molecule has 1 aliphatic rings. The number of aromatic hydroxyl groups is 1. The van der Waals surface area contributed by atoms with E-state index in [9.17, 15) is 10.2 Å². The number of aromatic nitrogens is 3. The summed E-state index contributed by atoms with van der Waals surface area (Å²) in [6.07, 6.45) is 3.05. The highest BCUT2D eigenvalue weighted by Gasteiger charge is 2.23. The SMILES string of the molecule is COc1ccc2nccc([C@H](O)CN3CCC(NCc4ccc5cccc(O)c5n4)CC3)c2n1. The normalized spacial score (nSPS) is 16.2. The van der Waals surface area contributed by atoms with Crippen LogP contribution in [0.5, 0.6) is 11.6 Å². The molecular weight excluding hydrogens is 430 g/mol. The zero-order chi connectivity index (χ0) is 23.5. The molecule has 1 saturated heterocycles. The number of methoxy groups -OCH3 is 1. The van der Waals surface area contributed by atoms with Crippen molar-refractivity contribution in [3.05, 3.63) is 66.0 Å². The Hall–Kier alpha value is -3.33. The van der Waals surface area contributed by atoms with E-state index in [1.165, 1.54) is 0 Å². The lowest BCUT2D eigenvalue weighted by molar-refractivity contribution is 0.0947. The van der Waals surface area contributed by atoms with Crippen LogP contribution < -0.4 is 10.1 Å². The summed E-state index contributed by atoms with van der Waals surface area (Å²) in [5.41, 5.74) is 3.76. The molecule has 1 atom stereocenters. The average Bonchev–Trinajstić information content (AvgIpc) is 2.88.